The first-order valence-electron chi connectivity index (χ1n) is 6.92. The SMILES string of the molecule is Cc1cnc(C(=O)OC(C)C(=O)Nc2cccc([N+](=O)[O-])c2)cn1. The zero-order valence-corrected chi connectivity index (χ0v) is 12.9. The lowest BCUT2D eigenvalue weighted by Crippen LogP contribution is -2.30. The highest BCUT2D eigenvalue weighted by Gasteiger charge is 2.20. The van der Waals surface area contributed by atoms with E-state index in [-0.39, 0.29) is 17.1 Å². The molecule has 1 atom stereocenters. The number of nitrogens with zero attached hydrogens (tertiary/aromatic N) is 3. The number of amides is 1. The van der Waals surface area contributed by atoms with Crippen molar-refractivity contribution in [3.8, 4) is 0 Å². The Hall–Kier alpha value is -3.36. The van der Waals surface area contributed by atoms with E-state index in [9.17, 15) is 19.7 Å². The van der Waals surface area contributed by atoms with Gasteiger partial charge in [-0.25, -0.2) is 9.78 Å². The number of hydrogen-bond donors (Lipinski definition) is 1. The van der Waals surface area contributed by atoms with Crippen LogP contribution < -0.4 is 5.32 Å². The average molecular weight is 330 g/mol. The summed E-state index contributed by atoms with van der Waals surface area (Å²) in [6.07, 6.45) is 1.55. The van der Waals surface area contributed by atoms with Crippen LogP contribution in [0.25, 0.3) is 0 Å². The lowest BCUT2D eigenvalue weighted by Gasteiger charge is -2.13. The first-order chi connectivity index (χ1) is 11.4. The number of benzene rings is 1. The van der Waals surface area contributed by atoms with Crippen LogP contribution in [0.3, 0.4) is 0 Å². The fourth-order valence-corrected chi connectivity index (χ4v) is 1.71. The number of ether oxygens (including phenoxy) is 1. The molecular formula is C15H14N4O5. The second-order valence-electron chi connectivity index (χ2n) is 4.89. The highest BCUT2D eigenvalue weighted by Crippen LogP contribution is 2.17. The second kappa shape index (κ2) is 7.27. The average Bonchev–Trinajstić information content (AvgIpc) is 2.55. The molecule has 9 nitrogen and oxygen atoms in total. The topological polar surface area (TPSA) is 124 Å². The van der Waals surface area contributed by atoms with Crippen molar-refractivity contribution in [3.63, 3.8) is 0 Å². The van der Waals surface area contributed by atoms with Crippen molar-refractivity contribution in [2.45, 2.75) is 20.0 Å². The van der Waals surface area contributed by atoms with Crippen molar-refractivity contribution in [1.29, 1.82) is 0 Å². The summed E-state index contributed by atoms with van der Waals surface area (Å²) in [4.78, 5) is 41.8. The van der Waals surface area contributed by atoms with E-state index < -0.39 is 22.9 Å². The van der Waals surface area contributed by atoms with Gasteiger partial charge in [0.15, 0.2) is 11.8 Å². The number of anilines is 1. The number of non-ortho nitro benzene ring substituents is 1. The van der Waals surface area contributed by atoms with Crippen LogP contribution in [0.15, 0.2) is 36.7 Å². The van der Waals surface area contributed by atoms with Gasteiger partial charge in [-0.3, -0.25) is 19.9 Å². The number of carbonyl (C=O) groups is 2. The fraction of sp³-hybridized carbons (Fsp3) is 0.200. The normalized spacial score (nSPS) is 11.4. The summed E-state index contributed by atoms with van der Waals surface area (Å²) in [6, 6.07) is 5.43. The maximum atomic E-state index is 12.0. The van der Waals surface area contributed by atoms with Crippen molar-refractivity contribution >= 4 is 23.3 Å². The number of hydrogen-bond acceptors (Lipinski definition) is 7. The summed E-state index contributed by atoms with van der Waals surface area (Å²) >= 11 is 0. The van der Waals surface area contributed by atoms with Gasteiger partial charge in [0.05, 0.1) is 16.8 Å². The van der Waals surface area contributed by atoms with Crippen LogP contribution in [-0.4, -0.2) is 32.9 Å². The predicted molar refractivity (Wildman–Crippen MR) is 83.4 cm³/mol. The molecule has 0 aliphatic carbocycles. The maximum absolute atomic E-state index is 12.0. The molecule has 1 aromatic carbocycles. The van der Waals surface area contributed by atoms with Crippen molar-refractivity contribution in [2.75, 3.05) is 5.32 Å². The van der Waals surface area contributed by atoms with E-state index in [1.165, 1.54) is 43.6 Å². The van der Waals surface area contributed by atoms with Crippen LogP contribution in [-0.2, 0) is 9.53 Å². The molecule has 1 aromatic heterocycles. The van der Waals surface area contributed by atoms with Crippen LogP contribution in [0.2, 0.25) is 0 Å². The molecule has 0 bridgehead atoms. The lowest BCUT2D eigenvalue weighted by molar-refractivity contribution is -0.384. The number of nitrogens with one attached hydrogen (secondary N) is 1. The first kappa shape index (κ1) is 17.0. The van der Waals surface area contributed by atoms with Crippen LogP contribution >= 0.6 is 0 Å². The summed E-state index contributed by atoms with van der Waals surface area (Å²) in [5, 5.41) is 13.2. The van der Waals surface area contributed by atoms with E-state index in [0.29, 0.717) is 5.69 Å². The Kier molecular flexibility index (Phi) is 5.15. The number of aryl methyl sites for hydroxylation is 1. The molecule has 0 fully saturated rings. The molecule has 1 N–H and O–H groups in total. The van der Waals surface area contributed by atoms with Crippen LogP contribution in [0.5, 0.6) is 0 Å². The number of nitro groups is 1. The van der Waals surface area contributed by atoms with E-state index in [0.717, 1.165) is 0 Å². The summed E-state index contributed by atoms with van der Waals surface area (Å²) in [6.45, 7) is 3.10. The quantitative estimate of drug-likeness (QED) is 0.504. The van der Waals surface area contributed by atoms with Crippen LogP contribution in [0.1, 0.15) is 23.1 Å². The fourth-order valence-electron chi connectivity index (χ4n) is 1.71. The van der Waals surface area contributed by atoms with Crippen molar-refractivity contribution in [3.05, 3.63) is 58.2 Å². The smallest absolute Gasteiger partial charge is 0.359 e. The monoisotopic (exact) mass is 330 g/mol. The van der Waals surface area contributed by atoms with Gasteiger partial charge in [0.2, 0.25) is 0 Å². The predicted octanol–water partition coefficient (Wildman–Crippen LogP) is 1.88. The number of aromatic nitrogens is 2. The third kappa shape index (κ3) is 4.32. The minimum atomic E-state index is -1.11. The van der Waals surface area contributed by atoms with Gasteiger partial charge in [-0.2, -0.15) is 0 Å². The summed E-state index contributed by atoms with van der Waals surface area (Å²) in [5.41, 5.74) is 0.693. The van der Waals surface area contributed by atoms with Gasteiger partial charge in [0.1, 0.15) is 0 Å². The number of nitro benzene ring substituents is 1. The van der Waals surface area contributed by atoms with Crippen molar-refractivity contribution < 1.29 is 19.2 Å². The molecule has 0 radical (unpaired) electrons. The molecule has 0 aliphatic heterocycles. The Morgan fingerprint density at radius 2 is 2.04 bits per heavy atom. The molecule has 124 valence electrons. The van der Waals surface area contributed by atoms with Gasteiger partial charge in [-0.1, -0.05) is 6.07 Å². The van der Waals surface area contributed by atoms with E-state index in [2.05, 4.69) is 15.3 Å². The van der Waals surface area contributed by atoms with Gasteiger partial charge in [-0.15, -0.1) is 0 Å². The molecular weight excluding hydrogens is 316 g/mol. The molecule has 1 unspecified atom stereocenters. The maximum Gasteiger partial charge on any atom is 0.359 e. The van der Waals surface area contributed by atoms with Gasteiger partial charge < -0.3 is 10.1 Å². The van der Waals surface area contributed by atoms with E-state index in [1.54, 1.807) is 6.92 Å². The molecule has 1 amide bonds. The molecule has 1 heterocycles. The van der Waals surface area contributed by atoms with Gasteiger partial charge in [-0.05, 0) is 19.9 Å². The van der Waals surface area contributed by atoms with Crippen LogP contribution in [0, 0.1) is 17.0 Å². The Balaban J connectivity index is 1.99. The number of rotatable bonds is 5. The molecule has 0 aliphatic rings. The minimum Gasteiger partial charge on any atom is -0.448 e. The summed E-state index contributed by atoms with van der Waals surface area (Å²) in [7, 11) is 0. The van der Waals surface area contributed by atoms with Gasteiger partial charge in [0.25, 0.3) is 11.6 Å². The highest BCUT2D eigenvalue weighted by atomic mass is 16.6. The Bertz CT molecular complexity index is 776. The molecule has 0 saturated heterocycles. The van der Waals surface area contributed by atoms with Crippen molar-refractivity contribution in [2.24, 2.45) is 0 Å². The molecule has 9 heteroatoms. The molecule has 0 saturated carbocycles. The third-order valence-corrected chi connectivity index (χ3v) is 2.97. The lowest BCUT2D eigenvalue weighted by atomic mass is 10.2. The Labute approximate surface area is 136 Å². The van der Waals surface area contributed by atoms with Gasteiger partial charge in [0, 0.05) is 24.0 Å². The first-order valence-corrected chi connectivity index (χ1v) is 6.92. The summed E-state index contributed by atoms with van der Waals surface area (Å²) < 4.78 is 5.00. The minimum absolute atomic E-state index is 0.0180. The van der Waals surface area contributed by atoms with Crippen molar-refractivity contribution in [1.82, 2.24) is 9.97 Å². The third-order valence-electron chi connectivity index (χ3n) is 2.97. The largest absolute Gasteiger partial charge is 0.448 e. The van der Waals surface area contributed by atoms with Crippen LogP contribution in [0.4, 0.5) is 11.4 Å². The Morgan fingerprint density at radius 1 is 1.29 bits per heavy atom. The standard InChI is InChI=1S/C15H14N4O5/c1-9-7-17-13(8-16-9)15(21)24-10(2)14(20)18-11-4-3-5-12(6-11)19(22)23/h3-8,10H,1-2H3,(H,18,20). The van der Waals surface area contributed by atoms with E-state index in [1.807, 2.05) is 0 Å². The zero-order valence-electron chi connectivity index (χ0n) is 12.9. The van der Waals surface area contributed by atoms with E-state index >= 15 is 0 Å². The number of esters is 1. The molecule has 2 rings (SSSR count). The molecule has 24 heavy (non-hydrogen) atoms. The zero-order chi connectivity index (χ0) is 17.7. The molecule has 2 aromatic rings. The summed E-state index contributed by atoms with van der Waals surface area (Å²) in [5.74, 6) is -1.41. The van der Waals surface area contributed by atoms with Gasteiger partial charge >= 0.3 is 5.97 Å². The molecule has 0 spiro atoms. The van der Waals surface area contributed by atoms with E-state index in [4.69, 9.17) is 4.74 Å². The Morgan fingerprint density at radius 3 is 2.67 bits per heavy atom. The number of carbonyl (C=O) groups excluding carboxylic acids is 2. The second-order valence-corrected chi connectivity index (χ2v) is 4.89. The highest BCUT2D eigenvalue weighted by molar-refractivity contribution is 5.96.